The lowest BCUT2D eigenvalue weighted by Crippen LogP contribution is -2.81. The van der Waals surface area contributed by atoms with Gasteiger partial charge in [0.25, 0.3) is 0 Å². The summed E-state index contributed by atoms with van der Waals surface area (Å²) in [5.41, 5.74) is 17.3. The number of hydrogen-bond donors (Lipinski definition) is 2. The molecule has 3 aliphatic carbocycles. The first-order valence-corrected chi connectivity index (χ1v) is 13.3. The molecule has 4 N–H and O–H groups in total. The number of allylic oxidation sites excluding steroid dienone is 1. The van der Waals surface area contributed by atoms with Crippen molar-refractivity contribution < 1.29 is 0 Å². The Morgan fingerprint density at radius 3 is 2.35 bits per heavy atom. The van der Waals surface area contributed by atoms with Crippen LogP contribution in [0.25, 0.3) is 0 Å². The summed E-state index contributed by atoms with van der Waals surface area (Å²) in [6.07, 6.45) is 15.8. The molecule has 0 aromatic carbocycles. The maximum atomic E-state index is 7.79. The van der Waals surface area contributed by atoms with Crippen LogP contribution in [0.4, 0.5) is 0 Å². The van der Waals surface area contributed by atoms with Crippen molar-refractivity contribution in [1.82, 2.24) is 0 Å². The molecule has 3 aliphatic rings. The molecule has 0 bridgehead atoms. The third-order valence-corrected chi connectivity index (χ3v) is 10.9. The molecule has 0 radical (unpaired) electrons. The van der Waals surface area contributed by atoms with E-state index in [4.69, 9.17) is 18.0 Å². The molecule has 0 heterocycles. The van der Waals surface area contributed by atoms with E-state index in [1.807, 2.05) is 0 Å². The van der Waals surface area contributed by atoms with E-state index in [0.29, 0.717) is 17.8 Å². The SMILES string of the molecule is C=C(C)CC[C@@H](C)[C@H]1CCC[C@@]2(N)[C@]3(C)[C@H](C)CCCCCCC[C@@]3(N)CC(=C)[C@]12C. The molecule has 0 amide bonds. The topological polar surface area (TPSA) is 52.0 Å². The van der Waals surface area contributed by atoms with Gasteiger partial charge in [-0.05, 0) is 63.2 Å². The summed E-state index contributed by atoms with van der Waals surface area (Å²) < 4.78 is 0. The Kier molecular flexibility index (Phi) is 7.25. The molecule has 3 saturated carbocycles. The van der Waals surface area contributed by atoms with E-state index in [1.165, 1.54) is 68.9 Å². The fraction of sp³-hybridized carbons (Fsp3) is 0.862. The first-order chi connectivity index (χ1) is 14.4. The lowest BCUT2D eigenvalue weighted by Gasteiger charge is -2.73. The molecule has 178 valence electrons. The minimum atomic E-state index is -0.289. The number of rotatable bonds is 4. The minimum Gasteiger partial charge on any atom is -0.324 e. The molecule has 2 heteroatoms. The van der Waals surface area contributed by atoms with Crippen molar-refractivity contribution in [3.63, 3.8) is 0 Å². The Hall–Kier alpha value is -0.600. The minimum absolute atomic E-state index is 0.0459. The van der Waals surface area contributed by atoms with Gasteiger partial charge in [-0.2, -0.15) is 0 Å². The monoisotopic (exact) mass is 428 g/mol. The van der Waals surface area contributed by atoms with Crippen molar-refractivity contribution in [3.8, 4) is 0 Å². The predicted molar refractivity (Wildman–Crippen MR) is 136 cm³/mol. The molecule has 7 atom stereocenters. The van der Waals surface area contributed by atoms with Crippen molar-refractivity contribution in [3.05, 3.63) is 24.3 Å². The second-order valence-electron chi connectivity index (χ2n) is 12.5. The van der Waals surface area contributed by atoms with E-state index in [-0.39, 0.29) is 21.9 Å². The first kappa shape index (κ1) is 25.0. The third kappa shape index (κ3) is 3.78. The Morgan fingerprint density at radius 1 is 1.03 bits per heavy atom. The van der Waals surface area contributed by atoms with E-state index in [2.05, 4.69) is 41.2 Å². The lowest BCUT2D eigenvalue weighted by molar-refractivity contribution is -0.150. The average Bonchev–Trinajstić information content (AvgIpc) is 2.70. The van der Waals surface area contributed by atoms with Crippen LogP contribution in [-0.2, 0) is 0 Å². The zero-order chi connectivity index (χ0) is 23.1. The standard InChI is InChI=1S/C29H52N2/c1-21(2)16-17-22(3)25-15-13-19-29(31)26(25,6)24(5)20-28(30)18-12-10-8-9-11-14-23(4)27(28,29)7/h22-23,25H,1,5,8-20,30-31H2,2-4,6-7H3/t22-,23-,25-,26-,27-,28-,29+/m1/s1. The van der Waals surface area contributed by atoms with Crippen LogP contribution < -0.4 is 11.5 Å². The van der Waals surface area contributed by atoms with Crippen LogP contribution >= 0.6 is 0 Å². The predicted octanol–water partition coefficient (Wildman–Crippen LogP) is 7.53. The molecule has 0 aliphatic heterocycles. The van der Waals surface area contributed by atoms with Gasteiger partial charge in [0.1, 0.15) is 0 Å². The number of nitrogens with two attached hydrogens (primary N) is 2. The van der Waals surface area contributed by atoms with E-state index in [1.54, 1.807) is 0 Å². The molecular weight excluding hydrogens is 376 g/mol. The molecule has 0 saturated heterocycles. The van der Waals surface area contributed by atoms with Crippen molar-refractivity contribution in [2.24, 2.45) is 40.1 Å². The van der Waals surface area contributed by atoms with Crippen molar-refractivity contribution in [1.29, 1.82) is 0 Å². The van der Waals surface area contributed by atoms with Crippen LogP contribution in [0.5, 0.6) is 0 Å². The Morgan fingerprint density at radius 2 is 1.68 bits per heavy atom. The molecule has 3 rings (SSSR count). The van der Waals surface area contributed by atoms with Crippen LogP contribution in [0.1, 0.15) is 118 Å². The fourth-order valence-corrected chi connectivity index (χ4v) is 8.57. The quantitative estimate of drug-likeness (QED) is 0.455. The number of hydrogen-bond acceptors (Lipinski definition) is 2. The molecule has 0 unspecified atom stereocenters. The summed E-state index contributed by atoms with van der Waals surface area (Å²) in [5.74, 6) is 1.75. The highest BCUT2D eigenvalue weighted by Gasteiger charge is 2.71. The van der Waals surface area contributed by atoms with Gasteiger partial charge in [0.05, 0.1) is 0 Å². The van der Waals surface area contributed by atoms with Crippen molar-refractivity contribution in [2.45, 2.75) is 129 Å². The Bertz CT molecular complexity index is 682. The van der Waals surface area contributed by atoms with Gasteiger partial charge in [-0.25, -0.2) is 0 Å². The zero-order valence-electron chi connectivity index (χ0n) is 21.5. The Balaban J connectivity index is 2.08. The summed E-state index contributed by atoms with van der Waals surface area (Å²) in [6, 6.07) is 0. The van der Waals surface area contributed by atoms with Gasteiger partial charge in [-0.3, -0.25) is 0 Å². The molecule has 0 aromatic rings. The average molecular weight is 429 g/mol. The maximum Gasteiger partial charge on any atom is 0.0323 e. The summed E-state index contributed by atoms with van der Waals surface area (Å²) in [6.45, 7) is 21.0. The van der Waals surface area contributed by atoms with Crippen LogP contribution in [0.15, 0.2) is 24.3 Å². The molecular formula is C29H52N2. The van der Waals surface area contributed by atoms with Crippen molar-refractivity contribution >= 4 is 0 Å². The van der Waals surface area contributed by atoms with E-state index >= 15 is 0 Å². The number of fused-ring (bicyclic) bond motifs is 3. The first-order valence-electron chi connectivity index (χ1n) is 13.3. The van der Waals surface area contributed by atoms with E-state index < -0.39 is 0 Å². The van der Waals surface area contributed by atoms with Gasteiger partial charge in [0, 0.05) is 21.9 Å². The maximum absolute atomic E-state index is 7.79. The van der Waals surface area contributed by atoms with Crippen LogP contribution in [0, 0.1) is 28.6 Å². The molecule has 2 nitrogen and oxygen atoms in total. The van der Waals surface area contributed by atoms with Crippen LogP contribution in [-0.4, -0.2) is 11.1 Å². The summed E-state index contributed by atoms with van der Waals surface area (Å²) in [5, 5.41) is 0. The lowest BCUT2D eigenvalue weighted by atomic mass is 9.34. The van der Waals surface area contributed by atoms with Gasteiger partial charge >= 0.3 is 0 Å². The van der Waals surface area contributed by atoms with Crippen LogP contribution in [0.3, 0.4) is 0 Å². The van der Waals surface area contributed by atoms with Crippen molar-refractivity contribution in [2.75, 3.05) is 0 Å². The van der Waals surface area contributed by atoms with Gasteiger partial charge in [-0.1, -0.05) is 90.4 Å². The zero-order valence-corrected chi connectivity index (χ0v) is 21.5. The highest BCUT2D eigenvalue weighted by molar-refractivity contribution is 5.36. The van der Waals surface area contributed by atoms with E-state index in [0.717, 1.165) is 25.7 Å². The van der Waals surface area contributed by atoms with Gasteiger partial charge in [-0.15, -0.1) is 6.58 Å². The molecule has 0 spiro atoms. The fourth-order valence-electron chi connectivity index (χ4n) is 8.57. The van der Waals surface area contributed by atoms with Gasteiger partial charge in [0.2, 0.25) is 0 Å². The highest BCUT2D eigenvalue weighted by Crippen LogP contribution is 2.69. The van der Waals surface area contributed by atoms with E-state index in [9.17, 15) is 0 Å². The van der Waals surface area contributed by atoms with Crippen LogP contribution in [0.2, 0.25) is 0 Å². The third-order valence-electron chi connectivity index (χ3n) is 10.9. The summed E-state index contributed by atoms with van der Waals surface area (Å²) >= 11 is 0. The summed E-state index contributed by atoms with van der Waals surface area (Å²) in [4.78, 5) is 0. The largest absolute Gasteiger partial charge is 0.324 e. The smallest absolute Gasteiger partial charge is 0.0323 e. The second-order valence-corrected chi connectivity index (χ2v) is 12.5. The van der Waals surface area contributed by atoms with Gasteiger partial charge < -0.3 is 11.5 Å². The molecule has 3 fully saturated rings. The molecule has 31 heavy (non-hydrogen) atoms. The Labute approximate surface area is 193 Å². The van der Waals surface area contributed by atoms with Gasteiger partial charge in [0.15, 0.2) is 0 Å². The highest BCUT2D eigenvalue weighted by atomic mass is 15.0. The molecule has 0 aromatic heterocycles. The normalized spacial score (nSPS) is 45.3. The second kappa shape index (κ2) is 8.98. The summed E-state index contributed by atoms with van der Waals surface area (Å²) in [7, 11) is 0.